The molecule has 0 aromatic heterocycles. The average Bonchev–Trinajstić information content (AvgIpc) is 2.02. The molecule has 0 aromatic rings. The molecule has 0 fully saturated rings. The largest absolute Gasteiger partial charge is 0.446 e. The number of carbonyl (C=O) groups excluding carboxylic acids is 1. The fourth-order valence-corrected chi connectivity index (χ4v) is 1.13. The van der Waals surface area contributed by atoms with E-state index in [1.165, 1.54) is 12.8 Å². The van der Waals surface area contributed by atoms with E-state index in [0.717, 1.165) is 19.3 Å². The van der Waals surface area contributed by atoms with Gasteiger partial charge in [0.1, 0.15) is 6.10 Å². The van der Waals surface area contributed by atoms with E-state index in [0.29, 0.717) is 0 Å². The minimum absolute atomic E-state index is 0.0223. The summed E-state index contributed by atoms with van der Waals surface area (Å²) in [7, 11) is 0. The highest BCUT2D eigenvalue weighted by atomic mass is 16.6. The molecule has 2 N–H and O–H groups in total. The highest BCUT2D eigenvalue weighted by molar-refractivity contribution is 5.64. The molecule has 72 valence electrons. The Morgan fingerprint density at radius 1 is 1.42 bits per heavy atom. The van der Waals surface area contributed by atoms with Gasteiger partial charge in [-0.3, -0.25) is 0 Å². The Bertz CT molecular complexity index is 126. The van der Waals surface area contributed by atoms with Crippen LogP contribution >= 0.6 is 0 Å². The van der Waals surface area contributed by atoms with E-state index in [2.05, 4.69) is 6.92 Å². The Kier molecular flexibility index (Phi) is 6.53. The Hall–Kier alpha value is -0.730. The second-order valence-corrected chi connectivity index (χ2v) is 2.96. The van der Waals surface area contributed by atoms with Gasteiger partial charge in [0, 0.05) is 0 Å². The van der Waals surface area contributed by atoms with E-state index in [9.17, 15) is 4.79 Å². The van der Waals surface area contributed by atoms with Gasteiger partial charge in [-0.15, -0.1) is 0 Å². The van der Waals surface area contributed by atoms with E-state index in [4.69, 9.17) is 10.5 Å². The molecule has 1 atom stereocenters. The molecule has 0 spiro atoms. The normalized spacial score (nSPS) is 12.5. The van der Waals surface area contributed by atoms with Crippen LogP contribution < -0.4 is 5.73 Å². The van der Waals surface area contributed by atoms with Crippen LogP contribution in [-0.2, 0) is 4.74 Å². The molecule has 0 rings (SSSR count). The molecule has 12 heavy (non-hydrogen) atoms. The standard InChI is InChI=1S/C9H19NO2/c1-3-5-6-7-8(4-2)12-9(10)11/h8H,3-7H2,1-2H3,(H2,10,11). The predicted molar refractivity (Wildman–Crippen MR) is 48.9 cm³/mol. The molecule has 0 heterocycles. The molecule has 0 saturated carbocycles. The predicted octanol–water partition coefficient (Wildman–Crippen LogP) is 2.44. The van der Waals surface area contributed by atoms with Crippen molar-refractivity contribution >= 4 is 6.09 Å². The molecule has 0 aromatic carbocycles. The Labute approximate surface area is 74.3 Å². The maximum Gasteiger partial charge on any atom is 0.404 e. The molecule has 1 amide bonds. The van der Waals surface area contributed by atoms with Crippen molar-refractivity contribution < 1.29 is 9.53 Å². The molecule has 0 bridgehead atoms. The summed E-state index contributed by atoms with van der Waals surface area (Å²) in [5.41, 5.74) is 4.91. The van der Waals surface area contributed by atoms with Crippen LogP contribution in [0, 0.1) is 0 Å². The zero-order chi connectivity index (χ0) is 9.40. The maximum atomic E-state index is 10.4. The summed E-state index contributed by atoms with van der Waals surface area (Å²) in [6, 6.07) is 0. The first-order chi connectivity index (χ1) is 5.70. The number of carbonyl (C=O) groups is 1. The maximum absolute atomic E-state index is 10.4. The van der Waals surface area contributed by atoms with Crippen molar-refractivity contribution in [3.8, 4) is 0 Å². The van der Waals surface area contributed by atoms with Crippen molar-refractivity contribution in [3.63, 3.8) is 0 Å². The summed E-state index contributed by atoms with van der Waals surface area (Å²) in [6.07, 6.45) is 4.65. The lowest BCUT2D eigenvalue weighted by Crippen LogP contribution is -2.22. The zero-order valence-electron chi connectivity index (χ0n) is 8.01. The summed E-state index contributed by atoms with van der Waals surface area (Å²) in [5.74, 6) is 0. The van der Waals surface area contributed by atoms with Crippen LogP contribution in [0.3, 0.4) is 0 Å². The monoisotopic (exact) mass is 173 g/mol. The summed E-state index contributed by atoms with van der Waals surface area (Å²) in [4.78, 5) is 10.4. The van der Waals surface area contributed by atoms with Crippen LogP contribution in [0.4, 0.5) is 4.79 Å². The quantitative estimate of drug-likeness (QED) is 0.627. The van der Waals surface area contributed by atoms with E-state index in [-0.39, 0.29) is 6.10 Å². The number of amides is 1. The van der Waals surface area contributed by atoms with Crippen molar-refractivity contribution in [1.29, 1.82) is 0 Å². The number of primary amides is 1. The number of hydrogen-bond donors (Lipinski definition) is 1. The second kappa shape index (κ2) is 6.95. The van der Waals surface area contributed by atoms with Crippen LogP contribution in [0.25, 0.3) is 0 Å². The van der Waals surface area contributed by atoms with Gasteiger partial charge in [0.25, 0.3) is 0 Å². The lowest BCUT2D eigenvalue weighted by molar-refractivity contribution is 0.0970. The summed E-state index contributed by atoms with van der Waals surface area (Å²) in [5, 5.41) is 0. The van der Waals surface area contributed by atoms with Gasteiger partial charge < -0.3 is 10.5 Å². The van der Waals surface area contributed by atoms with Gasteiger partial charge >= 0.3 is 6.09 Å². The van der Waals surface area contributed by atoms with Crippen LogP contribution in [0.1, 0.15) is 46.0 Å². The van der Waals surface area contributed by atoms with Crippen LogP contribution in [0.5, 0.6) is 0 Å². The first kappa shape index (κ1) is 11.3. The summed E-state index contributed by atoms with van der Waals surface area (Å²) < 4.78 is 4.88. The molecule has 0 aliphatic rings. The van der Waals surface area contributed by atoms with Gasteiger partial charge in [0.2, 0.25) is 0 Å². The third-order valence-electron chi connectivity index (χ3n) is 1.87. The molecule has 3 heteroatoms. The van der Waals surface area contributed by atoms with Crippen molar-refractivity contribution in [1.82, 2.24) is 0 Å². The second-order valence-electron chi connectivity index (χ2n) is 2.96. The van der Waals surface area contributed by atoms with Crippen molar-refractivity contribution in [2.75, 3.05) is 0 Å². The van der Waals surface area contributed by atoms with E-state index >= 15 is 0 Å². The minimum atomic E-state index is -0.654. The molecular formula is C9H19NO2. The van der Waals surface area contributed by atoms with Gasteiger partial charge in [-0.1, -0.05) is 26.7 Å². The molecule has 0 aliphatic carbocycles. The minimum Gasteiger partial charge on any atom is -0.446 e. The van der Waals surface area contributed by atoms with Gasteiger partial charge in [0.15, 0.2) is 0 Å². The van der Waals surface area contributed by atoms with Crippen molar-refractivity contribution in [3.05, 3.63) is 0 Å². The topological polar surface area (TPSA) is 52.3 Å². The summed E-state index contributed by atoms with van der Waals surface area (Å²) in [6.45, 7) is 4.15. The fourth-order valence-electron chi connectivity index (χ4n) is 1.13. The van der Waals surface area contributed by atoms with Gasteiger partial charge in [-0.25, -0.2) is 4.79 Å². The van der Waals surface area contributed by atoms with Gasteiger partial charge in [-0.05, 0) is 19.3 Å². The lowest BCUT2D eigenvalue weighted by atomic mass is 10.1. The van der Waals surface area contributed by atoms with E-state index in [1.54, 1.807) is 0 Å². The SMILES string of the molecule is CCCCCC(CC)OC(N)=O. The van der Waals surface area contributed by atoms with Gasteiger partial charge in [-0.2, -0.15) is 0 Å². The molecule has 0 saturated heterocycles. The van der Waals surface area contributed by atoms with Crippen LogP contribution in [0.15, 0.2) is 0 Å². The Morgan fingerprint density at radius 2 is 2.08 bits per heavy atom. The fraction of sp³-hybridized carbons (Fsp3) is 0.889. The lowest BCUT2D eigenvalue weighted by Gasteiger charge is -2.13. The first-order valence-corrected chi connectivity index (χ1v) is 4.66. The van der Waals surface area contributed by atoms with Crippen molar-refractivity contribution in [2.45, 2.75) is 52.1 Å². The molecule has 0 radical (unpaired) electrons. The number of rotatable bonds is 6. The van der Waals surface area contributed by atoms with Crippen molar-refractivity contribution in [2.24, 2.45) is 5.73 Å². The Morgan fingerprint density at radius 3 is 2.50 bits per heavy atom. The average molecular weight is 173 g/mol. The number of nitrogens with two attached hydrogens (primary N) is 1. The molecule has 3 nitrogen and oxygen atoms in total. The third-order valence-corrected chi connectivity index (χ3v) is 1.87. The number of unbranched alkanes of at least 4 members (excludes halogenated alkanes) is 2. The summed E-state index contributed by atoms with van der Waals surface area (Å²) >= 11 is 0. The van der Waals surface area contributed by atoms with E-state index < -0.39 is 6.09 Å². The molecular weight excluding hydrogens is 154 g/mol. The number of hydrogen-bond acceptors (Lipinski definition) is 2. The highest BCUT2D eigenvalue weighted by Gasteiger charge is 2.08. The molecule has 0 aliphatic heterocycles. The zero-order valence-corrected chi connectivity index (χ0v) is 8.01. The smallest absolute Gasteiger partial charge is 0.404 e. The van der Waals surface area contributed by atoms with Crippen LogP contribution in [-0.4, -0.2) is 12.2 Å². The van der Waals surface area contributed by atoms with Gasteiger partial charge in [0.05, 0.1) is 0 Å². The first-order valence-electron chi connectivity index (χ1n) is 4.66. The third kappa shape index (κ3) is 6.01. The Balaban J connectivity index is 3.46. The highest BCUT2D eigenvalue weighted by Crippen LogP contribution is 2.09. The van der Waals surface area contributed by atoms with E-state index in [1.807, 2.05) is 6.92 Å². The van der Waals surface area contributed by atoms with Crippen LogP contribution in [0.2, 0.25) is 0 Å². The number of ether oxygens (including phenoxy) is 1. The molecule has 1 unspecified atom stereocenters.